The van der Waals surface area contributed by atoms with E-state index >= 15 is 0 Å². The van der Waals surface area contributed by atoms with Crippen LogP contribution in [-0.2, 0) is 16.0 Å². The molecule has 4 heterocycles. The Kier molecular flexibility index (Phi) is 5.66. The number of hydrogen-bond acceptors (Lipinski definition) is 5. The summed E-state index contributed by atoms with van der Waals surface area (Å²) in [5.41, 5.74) is 2.28. The summed E-state index contributed by atoms with van der Waals surface area (Å²) in [4.78, 5) is 9.87. The Morgan fingerprint density at radius 3 is 2.80 bits per heavy atom. The molecule has 0 N–H and O–H groups in total. The van der Waals surface area contributed by atoms with Gasteiger partial charge in [-0.25, -0.2) is 0 Å². The highest BCUT2D eigenvalue weighted by molar-refractivity contribution is 5.10. The summed E-state index contributed by atoms with van der Waals surface area (Å²) in [6, 6.07) is 7.01. The van der Waals surface area contributed by atoms with Gasteiger partial charge in [-0.2, -0.15) is 0 Å². The summed E-state index contributed by atoms with van der Waals surface area (Å²) in [7, 11) is 0. The molecule has 3 fully saturated rings. The fraction of sp³-hybridized carbons (Fsp3) is 0.750. The van der Waals surface area contributed by atoms with E-state index in [1.54, 1.807) is 0 Å². The van der Waals surface area contributed by atoms with Gasteiger partial charge in [0.2, 0.25) is 0 Å². The molecule has 0 saturated carbocycles. The molecule has 0 unspecified atom stereocenters. The van der Waals surface area contributed by atoms with Gasteiger partial charge in [-0.15, -0.1) is 0 Å². The van der Waals surface area contributed by atoms with Crippen molar-refractivity contribution in [2.24, 2.45) is 5.92 Å². The minimum Gasteiger partial charge on any atom is -0.381 e. The number of pyridine rings is 1. The van der Waals surface area contributed by atoms with Crippen molar-refractivity contribution in [1.29, 1.82) is 0 Å². The minimum absolute atomic E-state index is 0.378. The summed E-state index contributed by atoms with van der Waals surface area (Å²) in [6.07, 6.45) is 3.98. The third kappa shape index (κ3) is 4.40. The quantitative estimate of drug-likeness (QED) is 0.839. The molecule has 2 atom stereocenters. The molecule has 0 aliphatic carbocycles. The molecule has 5 heteroatoms. The molecule has 1 aromatic rings. The molecule has 5 nitrogen and oxygen atoms in total. The van der Waals surface area contributed by atoms with Crippen LogP contribution < -0.4 is 0 Å². The lowest BCUT2D eigenvalue weighted by Gasteiger charge is -2.39. The number of aryl methyl sites for hydroxylation is 1. The van der Waals surface area contributed by atoms with Gasteiger partial charge >= 0.3 is 0 Å². The standard InChI is InChI=1S/C20H31N3O2/c1-16-3-2-4-18(21-16)14-22-8-5-17-13-23(9-12-25-20(17)15-22)19-6-10-24-11-7-19/h2-4,17,19-20H,5-15H2,1H3/t17-,20-/m0/s1. The van der Waals surface area contributed by atoms with Gasteiger partial charge in [0.25, 0.3) is 0 Å². The zero-order chi connectivity index (χ0) is 17.1. The Morgan fingerprint density at radius 1 is 1.08 bits per heavy atom. The number of ether oxygens (including phenoxy) is 2. The average molecular weight is 345 g/mol. The van der Waals surface area contributed by atoms with Crippen molar-refractivity contribution in [2.45, 2.75) is 44.9 Å². The van der Waals surface area contributed by atoms with E-state index in [2.05, 4.69) is 39.9 Å². The fourth-order valence-electron chi connectivity index (χ4n) is 4.58. The Hall–Kier alpha value is -1.01. The molecular formula is C20H31N3O2. The number of hydrogen-bond donors (Lipinski definition) is 0. The van der Waals surface area contributed by atoms with Gasteiger partial charge < -0.3 is 9.47 Å². The Labute approximate surface area is 151 Å². The van der Waals surface area contributed by atoms with E-state index in [1.165, 1.54) is 31.5 Å². The van der Waals surface area contributed by atoms with Crippen molar-refractivity contribution < 1.29 is 9.47 Å². The van der Waals surface area contributed by atoms with Gasteiger partial charge in [0.15, 0.2) is 0 Å². The number of nitrogens with zero attached hydrogens (tertiary/aromatic N) is 3. The monoisotopic (exact) mass is 345 g/mol. The second-order valence-electron chi connectivity index (χ2n) is 7.80. The molecule has 4 rings (SSSR count). The molecule has 0 aromatic carbocycles. The average Bonchev–Trinajstić information content (AvgIpc) is 2.84. The number of likely N-dealkylation sites (tertiary alicyclic amines) is 1. The van der Waals surface area contributed by atoms with Crippen LogP contribution in [0, 0.1) is 12.8 Å². The van der Waals surface area contributed by atoms with Crippen LogP contribution in [0.2, 0.25) is 0 Å². The van der Waals surface area contributed by atoms with E-state index in [0.29, 0.717) is 18.1 Å². The fourth-order valence-corrected chi connectivity index (χ4v) is 4.58. The molecule has 3 saturated heterocycles. The van der Waals surface area contributed by atoms with Gasteiger partial charge in [-0.3, -0.25) is 14.8 Å². The van der Waals surface area contributed by atoms with Gasteiger partial charge in [-0.1, -0.05) is 6.07 Å². The first kappa shape index (κ1) is 17.4. The zero-order valence-electron chi connectivity index (χ0n) is 15.4. The van der Waals surface area contributed by atoms with Crippen LogP contribution in [-0.4, -0.2) is 72.9 Å². The van der Waals surface area contributed by atoms with Crippen LogP contribution in [0.3, 0.4) is 0 Å². The van der Waals surface area contributed by atoms with E-state index < -0.39 is 0 Å². The van der Waals surface area contributed by atoms with Gasteiger partial charge in [0, 0.05) is 57.0 Å². The van der Waals surface area contributed by atoms with Crippen molar-refractivity contribution in [1.82, 2.24) is 14.8 Å². The van der Waals surface area contributed by atoms with Crippen molar-refractivity contribution in [3.8, 4) is 0 Å². The largest absolute Gasteiger partial charge is 0.381 e. The zero-order valence-corrected chi connectivity index (χ0v) is 15.4. The summed E-state index contributed by atoms with van der Waals surface area (Å²) in [5.74, 6) is 0.673. The van der Waals surface area contributed by atoms with Crippen molar-refractivity contribution >= 4 is 0 Å². The SMILES string of the molecule is Cc1cccc(CN2CC[C@H]3CN(C4CCOCC4)CCO[C@H]3C2)n1. The van der Waals surface area contributed by atoms with E-state index in [1.807, 2.05) is 0 Å². The Morgan fingerprint density at radius 2 is 1.96 bits per heavy atom. The number of rotatable bonds is 3. The highest BCUT2D eigenvalue weighted by atomic mass is 16.5. The van der Waals surface area contributed by atoms with Crippen LogP contribution >= 0.6 is 0 Å². The first-order valence-corrected chi connectivity index (χ1v) is 9.86. The van der Waals surface area contributed by atoms with Crippen molar-refractivity contribution in [2.75, 3.05) is 46.0 Å². The molecule has 0 radical (unpaired) electrons. The molecule has 0 amide bonds. The van der Waals surface area contributed by atoms with Crippen molar-refractivity contribution in [3.63, 3.8) is 0 Å². The molecule has 0 bridgehead atoms. The third-order valence-electron chi connectivity index (χ3n) is 6.00. The molecule has 3 aliphatic rings. The maximum atomic E-state index is 6.28. The summed E-state index contributed by atoms with van der Waals surface area (Å²) in [5, 5.41) is 0. The Bertz CT molecular complexity index is 562. The molecule has 0 spiro atoms. The summed E-state index contributed by atoms with van der Waals surface area (Å²) >= 11 is 0. The number of piperidine rings is 1. The summed E-state index contributed by atoms with van der Waals surface area (Å²) in [6.45, 7) is 10.2. The second kappa shape index (κ2) is 8.12. The topological polar surface area (TPSA) is 37.8 Å². The summed E-state index contributed by atoms with van der Waals surface area (Å²) < 4.78 is 11.8. The molecule has 138 valence electrons. The predicted molar refractivity (Wildman–Crippen MR) is 97.5 cm³/mol. The molecule has 3 aliphatic heterocycles. The Balaban J connectivity index is 1.34. The lowest BCUT2D eigenvalue weighted by molar-refractivity contribution is -0.0248. The lowest BCUT2D eigenvalue weighted by Crippen LogP contribution is -2.48. The highest BCUT2D eigenvalue weighted by Gasteiger charge is 2.35. The molecular weight excluding hydrogens is 314 g/mol. The predicted octanol–water partition coefficient (Wildman–Crippen LogP) is 2.09. The number of aromatic nitrogens is 1. The van der Waals surface area contributed by atoms with Crippen LogP contribution in [0.5, 0.6) is 0 Å². The van der Waals surface area contributed by atoms with E-state index in [0.717, 1.165) is 51.7 Å². The maximum Gasteiger partial charge on any atom is 0.0743 e. The van der Waals surface area contributed by atoms with Crippen LogP contribution in [0.25, 0.3) is 0 Å². The second-order valence-corrected chi connectivity index (χ2v) is 7.80. The van der Waals surface area contributed by atoms with E-state index in [-0.39, 0.29) is 0 Å². The van der Waals surface area contributed by atoms with Crippen LogP contribution in [0.15, 0.2) is 18.2 Å². The molecule has 25 heavy (non-hydrogen) atoms. The number of fused-ring (bicyclic) bond motifs is 1. The van der Waals surface area contributed by atoms with Crippen molar-refractivity contribution in [3.05, 3.63) is 29.6 Å². The first-order valence-electron chi connectivity index (χ1n) is 9.86. The van der Waals surface area contributed by atoms with Crippen LogP contribution in [0.1, 0.15) is 30.7 Å². The van der Waals surface area contributed by atoms with Gasteiger partial charge in [-0.05, 0) is 44.9 Å². The van der Waals surface area contributed by atoms with Gasteiger partial charge in [0.1, 0.15) is 0 Å². The van der Waals surface area contributed by atoms with E-state index in [4.69, 9.17) is 9.47 Å². The lowest BCUT2D eigenvalue weighted by atomic mass is 9.92. The molecule has 1 aromatic heterocycles. The first-order chi connectivity index (χ1) is 12.3. The minimum atomic E-state index is 0.378. The maximum absolute atomic E-state index is 6.28. The highest BCUT2D eigenvalue weighted by Crippen LogP contribution is 2.27. The normalized spacial score (nSPS) is 30.0. The van der Waals surface area contributed by atoms with Crippen LogP contribution in [0.4, 0.5) is 0 Å². The third-order valence-corrected chi connectivity index (χ3v) is 6.00. The van der Waals surface area contributed by atoms with Gasteiger partial charge in [0.05, 0.1) is 18.4 Å². The smallest absolute Gasteiger partial charge is 0.0743 e. The van der Waals surface area contributed by atoms with E-state index in [9.17, 15) is 0 Å².